The topological polar surface area (TPSA) is 121 Å². The van der Waals surface area contributed by atoms with Crippen molar-refractivity contribution < 1.29 is 13.9 Å². The summed E-state index contributed by atoms with van der Waals surface area (Å²) in [4.78, 5) is 20.4. The number of fused-ring (bicyclic) bond motifs is 1. The summed E-state index contributed by atoms with van der Waals surface area (Å²) in [5.74, 6) is 0.231. The number of rotatable bonds is 7. The van der Waals surface area contributed by atoms with E-state index >= 15 is 0 Å². The second-order valence-corrected chi connectivity index (χ2v) is 10.3. The minimum atomic E-state index is -0.494. The first-order chi connectivity index (χ1) is 19.0. The van der Waals surface area contributed by atoms with Crippen molar-refractivity contribution in [2.45, 2.75) is 31.3 Å². The lowest BCUT2D eigenvalue weighted by Crippen LogP contribution is -2.58. The summed E-state index contributed by atoms with van der Waals surface area (Å²) in [6, 6.07) is 14.5. The first-order valence-electron chi connectivity index (χ1n) is 13.3. The minimum absolute atomic E-state index is 0.156. The molecular weight excluding hydrogens is 497 g/mol. The molecule has 0 saturated carbocycles. The van der Waals surface area contributed by atoms with Crippen LogP contribution < -0.4 is 21.1 Å². The summed E-state index contributed by atoms with van der Waals surface area (Å²) in [5, 5.41) is 14.3. The molecule has 0 bridgehead atoms. The molecule has 4 aromatic rings. The van der Waals surface area contributed by atoms with E-state index in [9.17, 15) is 9.18 Å². The van der Waals surface area contributed by atoms with Gasteiger partial charge in [0, 0.05) is 42.9 Å². The molecule has 2 aliphatic heterocycles. The number of nitrogens with two attached hydrogens (primary N) is 1. The van der Waals surface area contributed by atoms with Gasteiger partial charge in [0.05, 0.1) is 29.3 Å². The predicted molar refractivity (Wildman–Crippen MR) is 148 cm³/mol. The number of ether oxygens (including phenoxy) is 1. The molecule has 2 aromatic heterocycles. The average Bonchev–Trinajstić information content (AvgIpc) is 3.31. The summed E-state index contributed by atoms with van der Waals surface area (Å²) < 4.78 is 18.9. The molecule has 6 rings (SSSR count). The van der Waals surface area contributed by atoms with Gasteiger partial charge in [-0.25, -0.2) is 4.39 Å². The maximum Gasteiger partial charge on any atom is 0.255 e. The number of nitrogens with one attached hydrogen (secondary N) is 3. The number of hydrogen-bond donors (Lipinski definition) is 4. The van der Waals surface area contributed by atoms with E-state index in [-0.39, 0.29) is 12.1 Å². The zero-order valence-electron chi connectivity index (χ0n) is 21.8. The van der Waals surface area contributed by atoms with Crippen LogP contribution in [0.1, 0.15) is 40.4 Å². The van der Waals surface area contributed by atoms with Crippen molar-refractivity contribution in [2.24, 2.45) is 0 Å². The maximum absolute atomic E-state index is 13.7. The molecule has 0 aliphatic carbocycles. The van der Waals surface area contributed by atoms with Crippen LogP contribution >= 0.6 is 0 Å². The number of amides is 1. The molecule has 1 amide bonds. The fourth-order valence-corrected chi connectivity index (χ4v) is 5.51. The van der Waals surface area contributed by atoms with Crippen LogP contribution in [-0.2, 0) is 6.54 Å². The molecule has 0 radical (unpaired) electrons. The predicted octanol–water partition coefficient (Wildman–Crippen LogP) is 3.44. The minimum Gasteiger partial charge on any atom is -0.496 e. The van der Waals surface area contributed by atoms with Gasteiger partial charge in [-0.3, -0.25) is 19.8 Å². The number of likely N-dealkylation sites (tertiary alicyclic amines) is 1. The van der Waals surface area contributed by atoms with Crippen molar-refractivity contribution in [2.75, 3.05) is 39.0 Å². The number of aromatic nitrogens is 3. The molecule has 2 fully saturated rings. The van der Waals surface area contributed by atoms with E-state index in [1.807, 2.05) is 24.3 Å². The van der Waals surface area contributed by atoms with E-state index in [4.69, 9.17) is 15.5 Å². The smallest absolute Gasteiger partial charge is 0.255 e. The number of nitrogen functional groups attached to an aromatic ring is 1. The highest BCUT2D eigenvalue weighted by Crippen LogP contribution is 2.35. The number of H-pyrrole nitrogens is 1. The zero-order valence-corrected chi connectivity index (χ0v) is 21.8. The Balaban J connectivity index is 1.20. The fraction of sp³-hybridized carbons (Fsp3) is 0.345. The van der Waals surface area contributed by atoms with Crippen LogP contribution in [0.25, 0.3) is 22.2 Å². The number of benzene rings is 2. The van der Waals surface area contributed by atoms with E-state index < -0.39 is 11.7 Å². The van der Waals surface area contributed by atoms with Gasteiger partial charge in [0.15, 0.2) is 5.82 Å². The third-order valence-corrected chi connectivity index (χ3v) is 7.90. The molecule has 2 aromatic carbocycles. The summed E-state index contributed by atoms with van der Waals surface area (Å²) in [6.07, 6.45) is 2.15. The van der Waals surface area contributed by atoms with Gasteiger partial charge < -0.3 is 21.1 Å². The molecule has 2 aliphatic rings. The number of halogens is 1. The normalized spacial score (nSPS) is 16.8. The van der Waals surface area contributed by atoms with Gasteiger partial charge in [-0.05, 0) is 55.8 Å². The summed E-state index contributed by atoms with van der Waals surface area (Å²) in [7, 11) is 1.45. The van der Waals surface area contributed by atoms with E-state index in [2.05, 4.69) is 31.8 Å². The average molecular weight is 530 g/mol. The highest BCUT2D eigenvalue weighted by molar-refractivity contribution is 6.00. The number of anilines is 1. The number of carbonyl (C=O) groups excluding carboxylic acids is 1. The van der Waals surface area contributed by atoms with Crippen LogP contribution in [0.15, 0.2) is 48.5 Å². The SMILES string of the molecule is COc1ccc(F)cc1C(=O)NCc1ccc(-c2nc(C3CCN(C4CNC4)CC3)cc3[nH]nc(N)c23)cc1. The second kappa shape index (κ2) is 10.6. The van der Waals surface area contributed by atoms with Gasteiger partial charge in [0.25, 0.3) is 5.91 Å². The number of nitrogens with zero attached hydrogens (tertiary/aromatic N) is 3. The first kappa shape index (κ1) is 25.3. The van der Waals surface area contributed by atoms with Gasteiger partial charge in [-0.15, -0.1) is 0 Å². The third-order valence-electron chi connectivity index (χ3n) is 7.90. The number of methoxy groups -OCH3 is 1. The molecule has 2 saturated heterocycles. The zero-order chi connectivity index (χ0) is 26.9. The van der Waals surface area contributed by atoms with E-state index in [1.165, 1.54) is 25.3 Å². The Labute approximate surface area is 225 Å². The maximum atomic E-state index is 13.7. The molecule has 10 heteroatoms. The Morgan fingerprint density at radius 1 is 1.15 bits per heavy atom. The lowest BCUT2D eigenvalue weighted by molar-refractivity contribution is 0.0947. The monoisotopic (exact) mass is 529 g/mol. The van der Waals surface area contributed by atoms with Crippen molar-refractivity contribution in [1.82, 2.24) is 30.7 Å². The quantitative estimate of drug-likeness (QED) is 0.289. The molecule has 39 heavy (non-hydrogen) atoms. The molecular formula is C29H32FN7O2. The third kappa shape index (κ3) is 5.05. The van der Waals surface area contributed by atoms with Crippen LogP contribution in [0.3, 0.4) is 0 Å². The molecule has 4 heterocycles. The fourth-order valence-electron chi connectivity index (χ4n) is 5.51. The van der Waals surface area contributed by atoms with E-state index in [0.717, 1.165) is 72.4 Å². The van der Waals surface area contributed by atoms with Gasteiger partial charge in [0.1, 0.15) is 11.6 Å². The Kier molecular flexibility index (Phi) is 6.88. The van der Waals surface area contributed by atoms with Gasteiger partial charge in [0.2, 0.25) is 0 Å². The summed E-state index contributed by atoms with van der Waals surface area (Å²) >= 11 is 0. The Bertz CT molecular complexity index is 1490. The number of hydrogen-bond acceptors (Lipinski definition) is 7. The first-order valence-corrected chi connectivity index (χ1v) is 13.3. The van der Waals surface area contributed by atoms with Crippen LogP contribution in [0.5, 0.6) is 5.75 Å². The molecule has 0 atom stereocenters. The largest absolute Gasteiger partial charge is 0.496 e. The van der Waals surface area contributed by atoms with Gasteiger partial charge in [-0.1, -0.05) is 24.3 Å². The van der Waals surface area contributed by atoms with Crippen molar-refractivity contribution in [3.8, 4) is 17.0 Å². The summed E-state index contributed by atoms with van der Waals surface area (Å²) in [5.41, 5.74) is 11.0. The molecule has 0 spiro atoms. The van der Waals surface area contributed by atoms with Gasteiger partial charge in [-0.2, -0.15) is 5.10 Å². The highest BCUT2D eigenvalue weighted by Gasteiger charge is 2.30. The molecule has 0 unspecified atom stereocenters. The lowest BCUT2D eigenvalue weighted by atomic mass is 9.90. The highest BCUT2D eigenvalue weighted by atomic mass is 19.1. The Hall–Kier alpha value is -4.02. The number of pyridine rings is 1. The van der Waals surface area contributed by atoms with Crippen molar-refractivity contribution in [3.63, 3.8) is 0 Å². The summed E-state index contributed by atoms with van der Waals surface area (Å²) in [6.45, 7) is 4.62. The number of piperidine rings is 1. The van der Waals surface area contributed by atoms with Crippen LogP contribution in [-0.4, -0.2) is 65.3 Å². The van der Waals surface area contributed by atoms with E-state index in [1.54, 1.807) is 0 Å². The van der Waals surface area contributed by atoms with Crippen molar-refractivity contribution >= 4 is 22.6 Å². The standard InChI is InChI=1S/C29H32FN7O2/c1-39-25-7-6-20(30)12-22(25)29(38)33-14-17-2-4-19(5-3-17)27-26-24(35-36-28(26)31)13-23(34-27)18-8-10-37(11-9-18)21-15-32-16-21/h2-7,12-13,18,21,32H,8-11,14-16H2,1H3,(H,33,38)(H3,31,35,36). The van der Waals surface area contributed by atoms with Crippen LogP contribution in [0, 0.1) is 5.82 Å². The van der Waals surface area contributed by atoms with Crippen LogP contribution in [0.2, 0.25) is 0 Å². The molecule has 9 nitrogen and oxygen atoms in total. The number of aromatic amines is 1. The molecule has 5 N–H and O–H groups in total. The van der Waals surface area contributed by atoms with Crippen LogP contribution in [0.4, 0.5) is 10.2 Å². The van der Waals surface area contributed by atoms with E-state index in [0.29, 0.717) is 23.5 Å². The molecule has 202 valence electrons. The Morgan fingerprint density at radius 2 is 1.92 bits per heavy atom. The number of carbonyl (C=O) groups is 1. The van der Waals surface area contributed by atoms with Gasteiger partial charge >= 0.3 is 0 Å². The van der Waals surface area contributed by atoms with Crippen molar-refractivity contribution in [3.05, 3.63) is 71.2 Å². The second-order valence-electron chi connectivity index (χ2n) is 10.3. The Morgan fingerprint density at radius 3 is 2.62 bits per heavy atom. The van der Waals surface area contributed by atoms with Crippen molar-refractivity contribution in [1.29, 1.82) is 0 Å². The lowest BCUT2D eigenvalue weighted by Gasteiger charge is -2.42.